The molecule has 1 aromatic carbocycles. The van der Waals surface area contributed by atoms with Gasteiger partial charge in [-0.1, -0.05) is 18.2 Å². The summed E-state index contributed by atoms with van der Waals surface area (Å²) in [5.41, 5.74) is 2.66. The van der Waals surface area contributed by atoms with Crippen molar-refractivity contribution in [2.75, 3.05) is 20.1 Å². The van der Waals surface area contributed by atoms with Crippen molar-refractivity contribution in [1.82, 2.24) is 20.0 Å². The number of hydrogen-bond donors (Lipinski definition) is 2. The van der Waals surface area contributed by atoms with E-state index in [1.54, 1.807) is 11.8 Å². The van der Waals surface area contributed by atoms with Crippen LogP contribution < -0.4 is 10.6 Å². The first kappa shape index (κ1) is 17.5. The van der Waals surface area contributed by atoms with Crippen molar-refractivity contribution in [2.24, 2.45) is 0 Å². The van der Waals surface area contributed by atoms with Gasteiger partial charge in [-0.05, 0) is 44.3 Å². The van der Waals surface area contributed by atoms with E-state index >= 15 is 0 Å². The van der Waals surface area contributed by atoms with Crippen LogP contribution in [-0.2, 0) is 5.75 Å². The number of carbonyl (C=O) groups excluding carboxylic acids is 1. The SMILES string of the molecule is CNCCCNC(=O)c1ccccc1SCc1cn2ccccc2n1. The first-order valence-electron chi connectivity index (χ1n) is 8.35. The monoisotopic (exact) mass is 354 g/mol. The molecule has 3 aromatic rings. The number of imidazole rings is 1. The topological polar surface area (TPSA) is 58.4 Å². The highest BCUT2D eigenvalue weighted by Gasteiger charge is 2.11. The molecule has 0 radical (unpaired) electrons. The quantitative estimate of drug-likeness (QED) is 0.482. The Balaban J connectivity index is 1.65. The minimum absolute atomic E-state index is 0.0193. The summed E-state index contributed by atoms with van der Waals surface area (Å²) in [5.74, 6) is 0.709. The zero-order valence-corrected chi connectivity index (χ0v) is 15.1. The van der Waals surface area contributed by atoms with E-state index in [9.17, 15) is 4.79 Å². The summed E-state index contributed by atoms with van der Waals surface area (Å²) in [6, 6.07) is 13.7. The van der Waals surface area contributed by atoms with E-state index < -0.39 is 0 Å². The minimum Gasteiger partial charge on any atom is -0.352 e. The number of aromatic nitrogens is 2. The Morgan fingerprint density at radius 2 is 2.00 bits per heavy atom. The van der Waals surface area contributed by atoms with Gasteiger partial charge in [-0.3, -0.25) is 4.79 Å². The van der Waals surface area contributed by atoms with Crippen LogP contribution in [0.3, 0.4) is 0 Å². The van der Waals surface area contributed by atoms with Crippen molar-refractivity contribution in [3.05, 3.63) is 66.1 Å². The normalized spacial score (nSPS) is 10.9. The maximum atomic E-state index is 12.4. The van der Waals surface area contributed by atoms with Gasteiger partial charge in [0.05, 0.1) is 11.3 Å². The number of fused-ring (bicyclic) bond motifs is 1. The van der Waals surface area contributed by atoms with E-state index in [0.717, 1.165) is 40.5 Å². The molecule has 6 heteroatoms. The Bertz CT molecular complexity index is 813. The van der Waals surface area contributed by atoms with Crippen LogP contribution in [-0.4, -0.2) is 35.4 Å². The zero-order chi connectivity index (χ0) is 17.5. The van der Waals surface area contributed by atoms with Crippen LogP contribution in [0.25, 0.3) is 5.65 Å². The van der Waals surface area contributed by atoms with E-state index in [-0.39, 0.29) is 5.91 Å². The average molecular weight is 354 g/mol. The number of thioether (sulfide) groups is 1. The lowest BCUT2D eigenvalue weighted by molar-refractivity contribution is 0.0950. The predicted molar refractivity (Wildman–Crippen MR) is 102 cm³/mol. The maximum Gasteiger partial charge on any atom is 0.252 e. The second-order valence-corrected chi connectivity index (χ2v) is 6.71. The Morgan fingerprint density at radius 3 is 2.84 bits per heavy atom. The summed E-state index contributed by atoms with van der Waals surface area (Å²) in [5, 5.41) is 6.06. The molecule has 3 rings (SSSR count). The number of nitrogens with zero attached hydrogens (tertiary/aromatic N) is 2. The fourth-order valence-electron chi connectivity index (χ4n) is 2.55. The van der Waals surface area contributed by atoms with E-state index in [4.69, 9.17) is 0 Å². The molecule has 0 aliphatic rings. The molecular formula is C19H22N4OS. The fourth-order valence-corrected chi connectivity index (χ4v) is 3.48. The molecule has 0 unspecified atom stereocenters. The lowest BCUT2D eigenvalue weighted by Gasteiger charge is -2.09. The molecular weight excluding hydrogens is 332 g/mol. The molecule has 25 heavy (non-hydrogen) atoms. The third kappa shape index (κ3) is 4.61. The minimum atomic E-state index is -0.0193. The summed E-state index contributed by atoms with van der Waals surface area (Å²) in [6.45, 7) is 1.57. The van der Waals surface area contributed by atoms with Crippen LogP contribution in [0, 0.1) is 0 Å². The molecule has 0 atom stereocenters. The van der Waals surface area contributed by atoms with Crippen molar-refractivity contribution < 1.29 is 4.79 Å². The molecule has 130 valence electrons. The molecule has 0 bridgehead atoms. The first-order chi connectivity index (χ1) is 12.3. The molecule has 0 saturated carbocycles. The third-order valence-electron chi connectivity index (χ3n) is 3.81. The highest BCUT2D eigenvalue weighted by atomic mass is 32.2. The van der Waals surface area contributed by atoms with Crippen LogP contribution in [0.2, 0.25) is 0 Å². The van der Waals surface area contributed by atoms with Gasteiger partial charge in [-0.15, -0.1) is 11.8 Å². The lowest BCUT2D eigenvalue weighted by atomic mass is 10.2. The van der Waals surface area contributed by atoms with E-state index in [2.05, 4.69) is 15.6 Å². The molecule has 0 spiro atoms. The summed E-state index contributed by atoms with van der Waals surface area (Å²) < 4.78 is 2.01. The molecule has 2 aromatic heterocycles. The Labute approximate surface area is 151 Å². The van der Waals surface area contributed by atoms with Crippen molar-refractivity contribution in [3.8, 4) is 0 Å². The van der Waals surface area contributed by atoms with Gasteiger partial charge in [0, 0.05) is 29.6 Å². The molecule has 0 saturated heterocycles. The Kier molecular flexibility index (Phi) is 6.09. The van der Waals surface area contributed by atoms with Crippen molar-refractivity contribution in [2.45, 2.75) is 17.1 Å². The second-order valence-electron chi connectivity index (χ2n) is 5.70. The van der Waals surface area contributed by atoms with Gasteiger partial charge < -0.3 is 15.0 Å². The standard InChI is InChI=1S/C19H22N4OS/c1-20-10-6-11-21-19(24)16-7-2-3-8-17(16)25-14-15-13-23-12-5-4-9-18(23)22-15/h2-5,7-9,12-13,20H,6,10-11,14H2,1H3,(H,21,24). The fraction of sp³-hybridized carbons (Fsp3) is 0.263. The van der Waals surface area contributed by atoms with Crippen LogP contribution in [0.15, 0.2) is 59.8 Å². The van der Waals surface area contributed by atoms with E-state index in [1.807, 2.05) is 66.3 Å². The number of pyridine rings is 1. The molecule has 1 amide bonds. The number of amides is 1. The van der Waals surface area contributed by atoms with Crippen LogP contribution in [0.4, 0.5) is 0 Å². The summed E-state index contributed by atoms with van der Waals surface area (Å²) in [6.07, 6.45) is 4.94. The second kappa shape index (κ2) is 8.69. The van der Waals surface area contributed by atoms with E-state index in [0.29, 0.717) is 6.54 Å². The molecule has 0 aliphatic heterocycles. The van der Waals surface area contributed by atoms with Gasteiger partial charge in [-0.2, -0.15) is 0 Å². The highest BCUT2D eigenvalue weighted by molar-refractivity contribution is 7.98. The first-order valence-corrected chi connectivity index (χ1v) is 9.34. The van der Waals surface area contributed by atoms with Gasteiger partial charge in [0.1, 0.15) is 5.65 Å². The van der Waals surface area contributed by atoms with Gasteiger partial charge in [0.2, 0.25) is 0 Å². The summed E-state index contributed by atoms with van der Waals surface area (Å²) in [4.78, 5) is 18.0. The average Bonchev–Trinajstić information content (AvgIpc) is 3.06. The molecule has 0 aliphatic carbocycles. The van der Waals surface area contributed by atoms with Gasteiger partial charge in [0.25, 0.3) is 5.91 Å². The Hall–Kier alpha value is -2.31. The summed E-state index contributed by atoms with van der Waals surface area (Å²) >= 11 is 1.64. The number of nitrogens with one attached hydrogen (secondary N) is 2. The van der Waals surface area contributed by atoms with Gasteiger partial charge in [-0.25, -0.2) is 4.98 Å². The Morgan fingerprint density at radius 1 is 1.16 bits per heavy atom. The molecule has 2 heterocycles. The zero-order valence-electron chi connectivity index (χ0n) is 14.2. The molecule has 5 nitrogen and oxygen atoms in total. The van der Waals surface area contributed by atoms with Crippen molar-refractivity contribution in [3.63, 3.8) is 0 Å². The van der Waals surface area contributed by atoms with Gasteiger partial charge in [0.15, 0.2) is 0 Å². The smallest absolute Gasteiger partial charge is 0.252 e. The third-order valence-corrected chi connectivity index (χ3v) is 4.92. The van der Waals surface area contributed by atoms with Crippen LogP contribution in [0.1, 0.15) is 22.5 Å². The van der Waals surface area contributed by atoms with Crippen molar-refractivity contribution in [1.29, 1.82) is 0 Å². The number of rotatable bonds is 8. The van der Waals surface area contributed by atoms with Gasteiger partial charge >= 0.3 is 0 Å². The highest BCUT2D eigenvalue weighted by Crippen LogP contribution is 2.26. The van der Waals surface area contributed by atoms with Crippen LogP contribution in [0.5, 0.6) is 0 Å². The predicted octanol–water partition coefficient (Wildman–Crippen LogP) is 2.97. The number of benzene rings is 1. The molecule has 2 N–H and O–H groups in total. The number of hydrogen-bond acceptors (Lipinski definition) is 4. The maximum absolute atomic E-state index is 12.4. The van der Waals surface area contributed by atoms with Crippen LogP contribution >= 0.6 is 11.8 Å². The largest absolute Gasteiger partial charge is 0.352 e. The van der Waals surface area contributed by atoms with E-state index in [1.165, 1.54) is 0 Å². The van der Waals surface area contributed by atoms with Crippen molar-refractivity contribution >= 4 is 23.3 Å². The lowest BCUT2D eigenvalue weighted by Crippen LogP contribution is -2.27. The molecule has 0 fully saturated rings. The number of carbonyl (C=O) groups is 1. The summed E-state index contributed by atoms with van der Waals surface area (Å²) in [7, 11) is 1.91.